The van der Waals surface area contributed by atoms with Crippen molar-refractivity contribution in [1.29, 1.82) is 0 Å². The van der Waals surface area contributed by atoms with Crippen molar-refractivity contribution in [3.05, 3.63) is 76.3 Å². The first-order valence-corrected chi connectivity index (χ1v) is 9.17. The molecule has 0 unspecified atom stereocenters. The molecule has 3 aromatic carbocycles. The van der Waals surface area contributed by atoms with Gasteiger partial charge in [0.15, 0.2) is 0 Å². The van der Waals surface area contributed by atoms with Crippen LogP contribution in [0.5, 0.6) is 5.75 Å². The third kappa shape index (κ3) is 4.49. The van der Waals surface area contributed by atoms with Gasteiger partial charge in [-0.1, -0.05) is 46.3 Å². The summed E-state index contributed by atoms with van der Waals surface area (Å²) in [4.78, 5) is 12.2. The Labute approximate surface area is 161 Å². The molecule has 132 valence electrons. The predicted molar refractivity (Wildman–Crippen MR) is 109 cm³/mol. The number of hydrogen-bond acceptors (Lipinski definition) is 3. The number of carbonyl (C=O) groups is 1. The van der Waals surface area contributed by atoms with Gasteiger partial charge in [0.1, 0.15) is 5.75 Å². The Kier molecular flexibility index (Phi) is 6.02. The Morgan fingerprint density at radius 2 is 1.81 bits per heavy atom. The lowest BCUT2D eigenvalue weighted by molar-refractivity contribution is -0.120. The highest BCUT2D eigenvalue weighted by molar-refractivity contribution is 9.10. The van der Waals surface area contributed by atoms with Gasteiger partial charge in [-0.25, -0.2) is 5.43 Å². The Balaban J connectivity index is 1.63. The summed E-state index contributed by atoms with van der Waals surface area (Å²) in [5.41, 5.74) is 4.45. The molecule has 3 rings (SSSR count). The first kappa shape index (κ1) is 18.1. The second kappa shape index (κ2) is 8.63. The zero-order valence-electron chi connectivity index (χ0n) is 14.4. The summed E-state index contributed by atoms with van der Waals surface area (Å²) >= 11 is 3.55. The van der Waals surface area contributed by atoms with Crippen molar-refractivity contribution >= 4 is 38.8 Å². The van der Waals surface area contributed by atoms with Gasteiger partial charge in [0.2, 0.25) is 5.91 Å². The lowest BCUT2D eigenvalue weighted by Gasteiger charge is -2.07. The molecule has 0 aliphatic rings. The highest BCUT2D eigenvalue weighted by Gasteiger charge is 2.08. The third-order valence-electron chi connectivity index (χ3n) is 3.91. The maximum Gasteiger partial charge on any atom is 0.244 e. The van der Waals surface area contributed by atoms with Crippen molar-refractivity contribution in [1.82, 2.24) is 5.43 Å². The quantitative estimate of drug-likeness (QED) is 0.473. The molecule has 4 nitrogen and oxygen atoms in total. The summed E-state index contributed by atoms with van der Waals surface area (Å²) in [6.45, 7) is 2.58. The molecule has 0 aliphatic carbocycles. The van der Waals surface area contributed by atoms with Gasteiger partial charge in [0.25, 0.3) is 0 Å². The van der Waals surface area contributed by atoms with E-state index < -0.39 is 0 Å². The molecule has 0 spiro atoms. The van der Waals surface area contributed by atoms with E-state index in [1.54, 1.807) is 6.21 Å². The molecule has 0 saturated carbocycles. The van der Waals surface area contributed by atoms with Crippen LogP contribution in [0, 0.1) is 0 Å². The molecule has 3 aromatic rings. The molecule has 1 amide bonds. The Morgan fingerprint density at radius 1 is 1.08 bits per heavy atom. The molecule has 0 fully saturated rings. The van der Waals surface area contributed by atoms with Crippen LogP contribution >= 0.6 is 15.9 Å². The van der Waals surface area contributed by atoms with Crippen LogP contribution in [0.15, 0.2) is 70.2 Å². The van der Waals surface area contributed by atoms with E-state index in [0.717, 1.165) is 32.1 Å². The molecule has 26 heavy (non-hydrogen) atoms. The number of nitrogens with zero attached hydrogens (tertiary/aromatic N) is 1. The summed E-state index contributed by atoms with van der Waals surface area (Å²) in [7, 11) is 0. The van der Waals surface area contributed by atoms with Crippen LogP contribution in [-0.2, 0) is 11.2 Å². The van der Waals surface area contributed by atoms with Crippen LogP contribution in [-0.4, -0.2) is 18.7 Å². The molecule has 0 atom stereocenters. The van der Waals surface area contributed by atoms with Gasteiger partial charge < -0.3 is 4.74 Å². The fourth-order valence-corrected chi connectivity index (χ4v) is 3.16. The maximum atomic E-state index is 12.2. The largest absolute Gasteiger partial charge is 0.494 e. The first-order valence-electron chi connectivity index (χ1n) is 8.38. The number of carbonyl (C=O) groups excluding carboxylic acids is 1. The number of amides is 1. The monoisotopic (exact) mass is 410 g/mol. The summed E-state index contributed by atoms with van der Waals surface area (Å²) in [6, 6.07) is 19.5. The van der Waals surface area contributed by atoms with E-state index in [1.165, 1.54) is 0 Å². The average molecular weight is 411 g/mol. The van der Waals surface area contributed by atoms with Gasteiger partial charge in [-0.15, -0.1) is 0 Å². The van der Waals surface area contributed by atoms with Crippen molar-refractivity contribution in [2.75, 3.05) is 6.61 Å². The number of nitrogens with one attached hydrogen (secondary N) is 1. The smallest absolute Gasteiger partial charge is 0.244 e. The van der Waals surface area contributed by atoms with Crippen LogP contribution in [0.4, 0.5) is 0 Å². The SMILES string of the molecule is CCOc1ccc(/C=N/NC(=O)Cc2ccc(Br)c3ccccc23)cc1. The van der Waals surface area contributed by atoms with Crippen molar-refractivity contribution < 1.29 is 9.53 Å². The van der Waals surface area contributed by atoms with Gasteiger partial charge in [0, 0.05) is 4.47 Å². The Hall–Kier alpha value is -2.66. The third-order valence-corrected chi connectivity index (χ3v) is 4.60. The van der Waals surface area contributed by atoms with E-state index in [2.05, 4.69) is 26.5 Å². The van der Waals surface area contributed by atoms with E-state index in [1.807, 2.05) is 67.6 Å². The van der Waals surface area contributed by atoms with Crippen molar-refractivity contribution in [3.63, 3.8) is 0 Å². The molecule has 0 aromatic heterocycles. The summed E-state index contributed by atoms with van der Waals surface area (Å²) in [5, 5.41) is 6.19. The van der Waals surface area contributed by atoms with Crippen molar-refractivity contribution in [3.8, 4) is 5.75 Å². The summed E-state index contributed by atoms with van der Waals surface area (Å²) < 4.78 is 6.42. The van der Waals surface area contributed by atoms with E-state index in [9.17, 15) is 4.79 Å². The van der Waals surface area contributed by atoms with Gasteiger partial charge in [-0.2, -0.15) is 5.10 Å². The van der Waals surface area contributed by atoms with Crippen LogP contribution in [0.2, 0.25) is 0 Å². The highest BCUT2D eigenvalue weighted by Crippen LogP contribution is 2.27. The molecule has 1 N–H and O–H groups in total. The van der Waals surface area contributed by atoms with Crippen LogP contribution in [0.1, 0.15) is 18.1 Å². The van der Waals surface area contributed by atoms with Crippen LogP contribution in [0.3, 0.4) is 0 Å². The summed E-state index contributed by atoms with van der Waals surface area (Å²) in [5.74, 6) is 0.662. The van der Waals surface area contributed by atoms with Gasteiger partial charge in [0.05, 0.1) is 19.2 Å². The van der Waals surface area contributed by atoms with Gasteiger partial charge >= 0.3 is 0 Å². The van der Waals surface area contributed by atoms with Gasteiger partial charge in [-0.05, 0) is 59.2 Å². The second-order valence-electron chi connectivity index (χ2n) is 5.72. The number of benzene rings is 3. The zero-order valence-corrected chi connectivity index (χ0v) is 16.0. The Bertz CT molecular complexity index is 936. The Morgan fingerprint density at radius 3 is 2.54 bits per heavy atom. The number of ether oxygens (including phenoxy) is 1. The number of fused-ring (bicyclic) bond motifs is 1. The first-order chi connectivity index (χ1) is 12.7. The lowest BCUT2D eigenvalue weighted by Crippen LogP contribution is -2.19. The molecule has 0 bridgehead atoms. The number of rotatable bonds is 6. The van der Waals surface area contributed by atoms with E-state index in [4.69, 9.17) is 4.74 Å². The zero-order chi connectivity index (χ0) is 18.4. The van der Waals surface area contributed by atoms with E-state index in [-0.39, 0.29) is 12.3 Å². The van der Waals surface area contributed by atoms with E-state index in [0.29, 0.717) is 6.61 Å². The lowest BCUT2D eigenvalue weighted by atomic mass is 10.0. The normalized spacial score (nSPS) is 11.0. The predicted octanol–water partition coefficient (Wildman–Crippen LogP) is 4.69. The minimum atomic E-state index is -0.153. The molecule has 0 heterocycles. The second-order valence-corrected chi connectivity index (χ2v) is 6.58. The maximum absolute atomic E-state index is 12.2. The molecule has 0 saturated heterocycles. The highest BCUT2D eigenvalue weighted by atomic mass is 79.9. The van der Waals surface area contributed by atoms with Crippen LogP contribution in [0.25, 0.3) is 10.8 Å². The molecule has 0 radical (unpaired) electrons. The van der Waals surface area contributed by atoms with Gasteiger partial charge in [-0.3, -0.25) is 4.79 Å². The standard InChI is InChI=1S/C21H19BrN2O2/c1-2-26-17-10-7-15(8-11-17)14-23-24-21(25)13-16-9-12-20(22)19-6-4-3-5-18(16)19/h3-12,14H,2,13H2,1H3,(H,24,25)/b23-14+. The topological polar surface area (TPSA) is 50.7 Å². The molecular formula is C21H19BrN2O2. The number of hydrazone groups is 1. The van der Waals surface area contributed by atoms with E-state index >= 15 is 0 Å². The number of halogens is 1. The fraction of sp³-hybridized carbons (Fsp3) is 0.143. The fourth-order valence-electron chi connectivity index (χ4n) is 2.69. The molecular weight excluding hydrogens is 392 g/mol. The number of hydrogen-bond donors (Lipinski definition) is 1. The van der Waals surface area contributed by atoms with Crippen LogP contribution < -0.4 is 10.2 Å². The van der Waals surface area contributed by atoms with Crippen molar-refractivity contribution in [2.45, 2.75) is 13.3 Å². The minimum absolute atomic E-state index is 0.153. The summed E-state index contributed by atoms with van der Waals surface area (Å²) in [6.07, 6.45) is 1.89. The minimum Gasteiger partial charge on any atom is -0.494 e. The van der Waals surface area contributed by atoms with Crippen molar-refractivity contribution in [2.24, 2.45) is 5.10 Å². The molecule has 0 aliphatic heterocycles. The molecule has 5 heteroatoms. The average Bonchev–Trinajstić information content (AvgIpc) is 2.66.